The molecule has 43 heavy (non-hydrogen) atoms. The summed E-state index contributed by atoms with van der Waals surface area (Å²) in [6, 6.07) is 8.01. The van der Waals surface area contributed by atoms with Crippen molar-refractivity contribution in [3.05, 3.63) is 57.6 Å². The molecule has 2 aromatic rings. The molecule has 0 amide bonds. The van der Waals surface area contributed by atoms with Crippen molar-refractivity contribution in [3.63, 3.8) is 0 Å². The number of aromatic hydroxyl groups is 2. The Balaban J connectivity index is 2.91. The van der Waals surface area contributed by atoms with Crippen LogP contribution in [0.4, 0.5) is 0 Å². The molecule has 6 nitrogen and oxygen atoms in total. The highest BCUT2D eigenvalue weighted by Gasteiger charge is 2.40. The van der Waals surface area contributed by atoms with Crippen molar-refractivity contribution in [2.24, 2.45) is 11.3 Å². The smallest absolute Gasteiger partial charge is 0.317 e. The molecule has 0 aromatic heterocycles. The van der Waals surface area contributed by atoms with Gasteiger partial charge in [-0.25, -0.2) is 0 Å². The summed E-state index contributed by atoms with van der Waals surface area (Å²) < 4.78 is 0. The molecular weight excluding hydrogens is 540 g/mol. The van der Waals surface area contributed by atoms with E-state index in [1.54, 1.807) is 0 Å². The van der Waals surface area contributed by atoms with Crippen LogP contribution in [0, 0.1) is 11.3 Å². The van der Waals surface area contributed by atoms with E-state index in [1.807, 2.05) is 31.2 Å². The topological polar surface area (TPSA) is 115 Å². The zero-order valence-electron chi connectivity index (χ0n) is 28.8. The van der Waals surface area contributed by atoms with E-state index in [1.165, 1.54) is 0 Å². The minimum absolute atomic E-state index is 0.0542. The van der Waals surface area contributed by atoms with Crippen LogP contribution >= 0.6 is 0 Å². The van der Waals surface area contributed by atoms with Crippen LogP contribution in [0.25, 0.3) is 0 Å². The fourth-order valence-corrected chi connectivity index (χ4v) is 6.06. The Bertz CT molecular complexity index is 1170. The number of carboxylic acids is 2. The average molecular weight is 597 g/mol. The second kappa shape index (κ2) is 12.2. The van der Waals surface area contributed by atoms with E-state index in [9.17, 15) is 30.0 Å². The first-order valence-electron chi connectivity index (χ1n) is 15.4. The van der Waals surface area contributed by atoms with Crippen LogP contribution in [0.1, 0.15) is 136 Å². The highest BCUT2D eigenvalue weighted by molar-refractivity contribution is 5.92. The summed E-state index contributed by atoms with van der Waals surface area (Å²) in [5.41, 5.74) is 2.99. The molecule has 4 N–H and O–H groups in total. The molecule has 0 bridgehead atoms. The van der Waals surface area contributed by atoms with Gasteiger partial charge in [0.05, 0.1) is 0 Å². The summed E-state index contributed by atoms with van der Waals surface area (Å²) in [5, 5.41) is 42.6. The molecule has 0 unspecified atom stereocenters. The fraction of sp³-hybridized carbons (Fsp3) is 0.622. The van der Waals surface area contributed by atoms with Crippen LogP contribution in [-0.4, -0.2) is 32.4 Å². The van der Waals surface area contributed by atoms with Crippen molar-refractivity contribution in [1.29, 1.82) is 0 Å². The molecule has 0 atom stereocenters. The predicted molar refractivity (Wildman–Crippen MR) is 175 cm³/mol. The second-order valence-electron chi connectivity index (χ2n) is 16.7. The number of phenols is 2. The Labute approximate surface area is 259 Å². The number of carboxylic acid groups (broad SMARTS) is 2. The van der Waals surface area contributed by atoms with Gasteiger partial charge in [-0.2, -0.15) is 0 Å². The third-order valence-corrected chi connectivity index (χ3v) is 8.71. The lowest BCUT2D eigenvalue weighted by atomic mass is 9.67. The van der Waals surface area contributed by atoms with Gasteiger partial charge in [-0.05, 0) is 86.1 Å². The molecular formula is C37H56O6. The first-order chi connectivity index (χ1) is 19.2. The summed E-state index contributed by atoms with van der Waals surface area (Å²) in [5.74, 6) is -3.73. The van der Waals surface area contributed by atoms with Gasteiger partial charge in [0.25, 0.3) is 0 Å². The van der Waals surface area contributed by atoms with E-state index in [0.717, 1.165) is 33.4 Å². The van der Waals surface area contributed by atoms with Crippen LogP contribution in [-0.2, 0) is 44.1 Å². The highest BCUT2D eigenvalue weighted by Crippen LogP contribution is 2.46. The summed E-state index contributed by atoms with van der Waals surface area (Å²) in [6.45, 7) is 26.6. The van der Waals surface area contributed by atoms with Gasteiger partial charge < -0.3 is 20.4 Å². The second-order valence-corrected chi connectivity index (χ2v) is 16.7. The molecule has 0 aliphatic rings. The normalized spacial score (nSPS) is 13.4. The van der Waals surface area contributed by atoms with Crippen LogP contribution in [0.2, 0.25) is 0 Å². The summed E-state index contributed by atoms with van der Waals surface area (Å²) in [6.07, 6.45) is 1.35. The number of rotatable bonds is 9. The van der Waals surface area contributed by atoms with Gasteiger partial charge in [0.15, 0.2) is 5.92 Å². The monoisotopic (exact) mass is 596 g/mol. The lowest BCUT2D eigenvalue weighted by Gasteiger charge is -2.37. The van der Waals surface area contributed by atoms with Gasteiger partial charge in [-0.3, -0.25) is 9.59 Å². The molecule has 240 valence electrons. The van der Waals surface area contributed by atoms with Crippen molar-refractivity contribution in [2.45, 2.75) is 137 Å². The van der Waals surface area contributed by atoms with Gasteiger partial charge in [0.1, 0.15) is 11.5 Å². The van der Waals surface area contributed by atoms with Crippen LogP contribution in [0.3, 0.4) is 0 Å². The zero-order chi connectivity index (χ0) is 33.5. The summed E-state index contributed by atoms with van der Waals surface area (Å²) in [4.78, 5) is 24.4. The number of carbonyl (C=O) groups is 2. The molecule has 2 rings (SSSR count). The first-order valence-corrected chi connectivity index (χ1v) is 15.4. The molecule has 0 fully saturated rings. The molecule has 0 saturated carbocycles. The van der Waals surface area contributed by atoms with Crippen molar-refractivity contribution in [2.75, 3.05) is 0 Å². The quantitative estimate of drug-likeness (QED) is 0.215. The summed E-state index contributed by atoms with van der Waals surface area (Å²) in [7, 11) is 0. The minimum atomic E-state index is -1.57. The molecule has 2 aromatic carbocycles. The largest absolute Gasteiger partial charge is 0.507 e. The maximum atomic E-state index is 12.2. The molecule has 0 saturated heterocycles. The van der Waals surface area contributed by atoms with E-state index in [0.29, 0.717) is 19.3 Å². The summed E-state index contributed by atoms with van der Waals surface area (Å²) >= 11 is 0. The minimum Gasteiger partial charge on any atom is -0.507 e. The Morgan fingerprint density at radius 3 is 1.02 bits per heavy atom. The molecule has 0 radical (unpaired) electrons. The van der Waals surface area contributed by atoms with E-state index < -0.39 is 23.3 Å². The van der Waals surface area contributed by atoms with Gasteiger partial charge in [-0.15, -0.1) is 0 Å². The lowest BCUT2D eigenvalue weighted by molar-refractivity contribution is -0.156. The third kappa shape index (κ3) is 8.55. The number of phenolic OH excluding ortho intramolecular Hbond substituents is 2. The highest BCUT2D eigenvalue weighted by atomic mass is 16.4. The van der Waals surface area contributed by atoms with Gasteiger partial charge in [-0.1, -0.05) is 114 Å². The standard InChI is InChI=1S/C37H56O6/c1-14-37(21-24(31(40)41)32(42)43,19-22-15-25(33(2,3)4)29(38)26(16-22)34(5,6)7)20-23-17-27(35(8,9)10)30(39)28(18-23)36(11,12)13/h15-18,24,38-39H,14,19-21H2,1-13H3,(H,40,41)(H,42,43). The molecule has 0 spiro atoms. The molecule has 0 aliphatic heterocycles. The Morgan fingerprint density at radius 1 is 0.581 bits per heavy atom. The van der Waals surface area contributed by atoms with E-state index in [2.05, 4.69) is 83.1 Å². The fourth-order valence-electron chi connectivity index (χ4n) is 6.06. The SMILES string of the molecule is CCC(Cc1cc(C(C)(C)C)c(O)c(C(C)(C)C)c1)(Cc1cc(C(C)(C)C)c(O)c(C(C)(C)C)c1)CC(C(=O)O)C(=O)O. The van der Waals surface area contributed by atoms with Gasteiger partial charge in [0.2, 0.25) is 0 Å². The average Bonchev–Trinajstić information content (AvgIpc) is 2.81. The zero-order valence-corrected chi connectivity index (χ0v) is 28.8. The van der Waals surface area contributed by atoms with Crippen LogP contribution in [0.5, 0.6) is 11.5 Å². The molecule has 6 heteroatoms. The van der Waals surface area contributed by atoms with Crippen molar-refractivity contribution in [1.82, 2.24) is 0 Å². The Kier molecular flexibility index (Phi) is 10.2. The third-order valence-electron chi connectivity index (χ3n) is 8.71. The van der Waals surface area contributed by atoms with E-state index in [-0.39, 0.29) is 39.6 Å². The molecule has 0 aliphatic carbocycles. The number of hydrogen-bond acceptors (Lipinski definition) is 4. The first kappa shape index (κ1) is 36.2. The maximum absolute atomic E-state index is 12.2. The van der Waals surface area contributed by atoms with Crippen LogP contribution in [0.15, 0.2) is 24.3 Å². The van der Waals surface area contributed by atoms with E-state index >= 15 is 0 Å². The Hall–Kier alpha value is -3.02. The lowest BCUT2D eigenvalue weighted by Crippen LogP contribution is -2.35. The predicted octanol–water partition coefficient (Wildman–Crippen LogP) is 8.64. The maximum Gasteiger partial charge on any atom is 0.317 e. The van der Waals surface area contributed by atoms with Crippen molar-refractivity contribution < 1.29 is 30.0 Å². The van der Waals surface area contributed by atoms with Gasteiger partial charge in [0, 0.05) is 0 Å². The van der Waals surface area contributed by atoms with Crippen molar-refractivity contribution in [3.8, 4) is 11.5 Å². The van der Waals surface area contributed by atoms with Crippen molar-refractivity contribution >= 4 is 11.9 Å². The van der Waals surface area contributed by atoms with Gasteiger partial charge >= 0.3 is 11.9 Å². The number of aliphatic carboxylic acids is 2. The molecule has 0 heterocycles. The number of benzene rings is 2. The van der Waals surface area contributed by atoms with Crippen LogP contribution < -0.4 is 0 Å². The van der Waals surface area contributed by atoms with E-state index in [4.69, 9.17) is 0 Å². The Morgan fingerprint density at radius 2 is 0.837 bits per heavy atom. The number of hydrogen-bond donors (Lipinski definition) is 4.